The molecule has 0 saturated carbocycles. The lowest BCUT2D eigenvalue weighted by Crippen LogP contribution is -2.32. The summed E-state index contributed by atoms with van der Waals surface area (Å²) in [6.07, 6.45) is 5.43. The molecular weight excluding hydrogens is 213 g/mol. The summed E-state index contributed by atoms with van der Waals surface area (Å²) in [5.74, 6) is 0. The first-order valence-electron chi connectivity index (χ1n) is 6.38. The van der Waals surface area contributed by atoms with Gasteiger partial charge in [0.25, 0.3) is 0 Å². The van der Waals surface area contributed by atoms with Crippen molar-refractivity contribution in [2.24, 2.45) is 0 Å². The summed E-state index contributed by atoms with van der Waals surface area (Å²) in [5, 5.41) is 1.60. The van der Waals surface area contributed by atoms with E-state index in [4.69, 9.17) is 0 Å². The fraction of sp³-hybridized carbons (Fsp3) is 0.571. The van der Waals surface area contributed by atoms with Gasteiger partial charge in [0.15, 0.2) is 0 Å². The van der Waals surface area contributed by atoms with E-state index >= 15 is 0 Å². The van der Waals surface area contributed by atoms with Crippen LogP contribution in [-0.2, 0) is 0 Å². The van der Waals surface area contributed by atoms with Crippen molar-refractivity contribution in [2.45, 2.75) is 26.2 Å². The highest BCUT2D eigenvalue weighted by atomic mass is 31.1. The summed E-state index contributed by atoms with van der Waals surface area (Å²) in [4.78, 5) is 2.59. The second kappa shape index (κ2) is 5.68. The first-order valence-corrected chi connectivity index (χ1v) is 8.35. The van der Waals surface area contributed by atoms with Gasteiger partial charge < -0.3 is 4.90 Å². The molecule has 0 N–H and O–H groups in total. The van der Waals surface area contributed by atoms with Gasteiger partial charge in [-0.05, 0) is 43.5 Å². The predicted octanol–water partition coefficient (Wildman–Crippen LogP) is 3.43. The van der Waals surface area contributed by atoms with Crippen LogP contribution in [0.1, 0.15) is 26.2 Å². The van der Waals surface area contributed by atoms with Gasteiger partial charge in [-0.2, -0.15) is 0 Å². The van der Waals surface area contributed by atoms with Crippen LogP contribution in [0.25, 0.3) is 0 Å². The molecule has 1 aliphatic heterocycles. The highest BCUT2D eigenvalue weighted by Gasteiger charge is 2.15. The van der Waals surface area contributed by atoms with Gasteiger partial charge >= 0.3 is 0 Å². The fourth-order valence-corrected chi connectivity index (χ4v) is 3.65. The predicted molar refractivity (Wildman–Crippen MR) is 75.5 cm³/mol. The molecule has 2 heteroatoms. The summed E-state index contributed by atoms with van der Waals surface area (Å²) in [6, 6.07) is 9.03. The van der Waals surface area contributed by atoms with Crippen LogP contribution in [-0.4, -0.2) is 25.9 Å². The van der Waals surface area contributed by atoms with Crippen LogP contribution in [0, 0.1) is 0 Å². The van der Waals surface area contributed by atoms with Crippen LogP contribution in [0.2, 0.25) is 0 Å². The Morgan fingerprint density at radius 1 is 1.12 bits per heavy atom. The standard InChI is InChI=1S/C14H22NP/c1-3-16(2)14-10-6-5-9-13(14)15-11-7-4-8-12-15/h5-6,9-10H,3-4,7-8,11-12H2,1-2H3. The maximum atomic E-state index is 2.59. The van der Waals surface area contributed by atoms with E-state index in [0.29, 0.717) is 0 Å². The Hall–Kier alpha value is -0.550. The number of para-hydroxylation sites is 1. The molecule has 1 nitrogen and oxygen atoms in total. The molecule has 0 amide bonds. The van der Waals surface area contributed by atoms with Crippen LogP contribution in [0.5, 0.6) is 0 Å². The smallest absolute Gasteiger partial charge is 0.0444 e. The molecule has 88 valence electrons. The Balaban J connectivity index is 2.24. The lowest BCUT2D eigenvalue weighted by atomic mass is 10.1. The van der Waals surface area contributed by atoms with Crippen molar-refractivity contribution in [3.05, 3.63) is 24.3 Å². The first-order chi connectivity index (χ1) is 7.83. The van der Waals surface area contributed by atoms with Gasteiger partial charge in [0.1, 0.15) is 0 Å². The van der Waals surface area contributed by atoms with Crippen LogP contribution >= 0.6 is 7.92 Å². The van der Waals surface area contributed by atoms with Crippen LogP contribution in [0.15, 0.2) is 24.3 Å². The molecule has 2 rings (SSSR count). The minimum atomic E-state index is 0.0393. The first kappa shape index (κ1) is 11.9. The molecule has 1 aromatic carbocycles. The van der Waals surface area contributed by atoms with Crippen LogP contribution in [0.3, 0.4) is 0 Å². The Bertz CT molecular complexity index is 331. The van der Waals surface area contributed by atoms with Crippen LogP contribution in [0.4, 0.5) is 5.69 Å². The number of benzene rings is 1. The van der Waals surface area contributed by atoms with Crippen molar-refractivity contribution in [3.8, 4) is 0 Å². The zero-order valence-corrected chi connectivity index (χ0v) is 11.3. The van der Waals surface area contributed by atoms with Gasteiger partial charge in [0.2, 0.25) is 0 Å². The average Bonchev–Trinajstić information content (AvgIpc) is 2.39. The van der Waals surface area contributed by atoms with E-state index in [-0.39, 0.29) is 7.92 Å². The number of nitrogens with zero attached hydrogens (tertiary/aromatic N) is 1. The van der Waals surface area contributed by atoms with Crippen molar-refractivity contribution in [1.29, 1.82) is 0 Å². The van der Waals surface area contributed by atoms with Gasteiger partial charge in [0.05, 0.1) is 0 Å². The highest BCUT2D eigenvalue weighted by Crippen LogP contribution is 2.34. The Morgan fingerprint density at radius 3 is 2.50 bits per heavy atom. The van der Waals surface area contributed by atoms with Crippen molar-refractivity contribution < 1.29 is 0 Å². The Labute approximate surface area is 101 Å². The molecule has 1 heterocycles. The normalized spacial score (nSPS) is 18.5. The third-order valence-corrected chi connectivity index (χ3v) is 5.61. The summed E-state index contributed by atoms with van der Waals surface area (Å²) in [6.45, 7) is 7.21. The molecule has 0 bridgehead atoms. The third kappa shape index (κ3) is 2.58. The largest absolute Gasteiger partial charge is 0.371 e. The molecule has 1 aromatic rings. The van der Waals surface area contributed by atoms with E-state index in [1.54, 1.807) is 5.30 Å². The molecule has 0 aromatic heterocycles. The molecule has 1 saturated heterocycles. The molecule has 0 spiro atoms. The zero-order valence-electron chi connectivity index (χ0n) is 10.4. The summed E-state index contributed by atoms with van der Waals surface area (Å²) in [5.41, 5.74) is 1.51. The number of hydrogen-bond donors (Lipinski definition) is 0. The van der Waals surface area contributed by atoms with Gasteiger partial charge in [-0.25, -0.2) is 0 Å². The van der Waals surface area contributed by atoms with Crippen molar-refractivity contribution in [1.82, 2.24) is 0 Å². The lowest BCUT2D eigenvalue weighted by molar-refractivity contribution is 0.578. The molecular formula is C14H22NP. The van der Waals surface area contributed by atoms with Crippen molar-refractivity contribution >= 4 is 18.9 Å². The van der Waals surface area contributed by atoms with Crippen LogP contribution < -0.4 is 10.2 Å². The second-order valence-corrected chi connectivity index (χ2v) is 7.06. The topological polar surface area (TPSA) is 3.24 Å². The van der Waals surface area contributed by atoms with E-state index in [1.807, 2.05) is 0 Å². The highest BCUT2D eigenvalue weighted by molar-refractivity contribution is 7.65. The van der Waals surface area contributed by atoms with E-state index in [9.17, 15) is 0 Å². The number of rotatable bonds is 3. The zero-order chi connectivity index (χ0) is 11.4. The third-order valence-electron chi connectivity index (χ3n) is 3.46. The maximum Gasteiger partial charge on any atom is 0.0444 e. The number of piperidine rings is 1. The molecule has 0 aliphatic carbocycles. The molecule has 1 atom stereocenters. The summed E-state index contributed by atoms with van der Waals surface area (Å²) in [7, 11) is 0.0393. The molecule has 1 fully saturated rings. The number of anilines is 1. The average molecular weight is 235 g/mol. The number of hydrogen-bond acceptors (Lipinski definition) is 1. The fourth-order valence-electron chi connectivity index (χ4n) is 2.36. The minimum absolute atomic E-state index is 0.0393. The van der Waals surface area contributed by atoms with Gasteiger partial charge in [-0.3, -0.25) is 0 Å². The molecule has 0 radical (unpaired) electrons. The Morgan fingerprint density at radius 2 is 1.81 bits per heavy atom. The lowest BCUT2D eigenvalue weighted by Gasteiger charge is -2.31. The second-order valence-electron chi connectivity index (χ2n) is 4.55. The van der Waals surface area contributed by atoms with Crippen molar-refractivity contribution in [3.63, 3.8) is 0 Å². The van der Waals surface area contributed by atoms with Gasteiger partial charge in [-0.15, -0.1) is 0 Å². The van der Waals surface area contributed by atoms with E-state index in [2.05, 4.69) is 42.8 Å². The molecule has 1 aliphatic rings. The van der Waals surface area contributed by atoms with Gasteiger partial charge in [0, 0.05) is 18.8 Å². The van der Waals surface area contributed by atoms with E-state index in [0.717, 1.165) is 0 Å². The van der Waals surface area contributed by atoms with Crippen molar-refractivity contribution in [2.75, 3.05) is 30.8 Å². The minimum Gasteiger partial charge on any atom is -0.371 e. The summed E-state index contributed by atoms with van der Waals surface area (Å²) >= 11 is 0. The summed E-state index contributed by atoms with van der Waals surface area (Å²) < 4.78 is 0. The molecule has 16 heavy (non-hydrogen) atoms. The SMILES string of the molecule is CCP(C)c1ccccc1N1CCCCC1. The molecule has 1 unspecified atom stereocenters. The Kier molecular flexibility index (Phi) is 4.23. The monoisotopic (exact) mass is 235 g/mol. The quantitative estimate of drug-likeness (QED) is 0.725. The van der Waals surface area contributed by atoms with E-state index < -0.39 is 0 Å². The van der Waals surface area contributed by atoms with E-state index in [1.165, 1.54) is 44.2 Å². The van der Waals surface area contributed by atoms with Gasteiger partial charge in [-0.1, -0.05) is 33.0 Å². The maximum absolute atomic E-state index is 2.59.